The average Bonchev–Trinajstić information content (AvgIpc) is 2.89. The molecule has 1 heterocycles. The Hall–Kier alpha value is -1.66. The predicted molar refractivity (Wildman–Crippen MR) is 75.7 cm³/mol. The number of nitrogens with zero attached hydrogens (tertiary/aromatic N) is 1. The third-order valence-electron chi connectivity index (χ3n) is 2.98. The Kier molecular flexibility index (Phi) is 3.96. The van der Waals surface area contributed by atoms with Crippen molar-refractivity contribution in [1.82, 2.24) is 9.88 Å². The maximum atomic E-state index is 12.1. The number of nitrogens with one attached hydrogen (secondary N) is 1. The van der Waals surface area contributed by atoms with Crippen molar-refractivity contribution in [3.8, 4) is 0 Å². The quantitative estimate of drug-likeness (QED) is 0.940. The number of hydrogen-bond acceptors (Lipinski definition) is 4. The van der Waals surface area contributed by atoms with Gasteiger partial charge in [-0.2, -0.15) is 0 Å². The molecule has 1 aromatic carbocycles. The van der Waals surface area contributed by atoms with E-state index in [1.54, 1.807) is 12.1 Å². The van der Waals surface area contributed by atoms with Gasteiger partial charge in [-0.25, -0.2) is 13.1 Å². The summed E-state index contributed by atoms with van der Waals surface area (Å²) in [5.74, 6) is 0. The van der Waals surface area contributed by atoms with Crippen LogP contribution in [0.25, 0.3) is 0 Å². The molecule has 0 aliphatic heterocycles. The van der Waals surface area contributed by atoms with E-state index in [1.807, 2.05) is 12.1 Å². The smallest absolute Gasteiger partial charge is 0.240 e. The minimum Gasteiger partial charge on any atom is -0.364 e. The van der Waals surface area contributed by atoms with Gasteiger partial charge in [0, 0.05) is 12.1 Å². The summed E-state index contributed by atoms with van der Waals surface area (Å²) in [6, 6.07) is 6.93. The lowest BCUT2D eigenvalue weighted by molar-refractivity contribution is 0.419. The van der Waals surface area contributed by atoms with Crippen molar-refractivity contribution in [2.45, 2.75) is 37.6 Å². The molecule has 108 valence electrons. The van der Waals surface area contributed by atoms with Gasteiger partial charge in [-0.3, -0.25) is 0 Å². The molecule has 0 atom stereocenters. The van der Waals surface area contributed by atoms with Crippen LogP contribution in [0, 0.1) is 0 Å². The Labute approximate surface area is 119 Å². The lowest BCUT2D eigenvalue weighted by Gasteiger charge is -2.19. The molecule has 0 fully saturated rings. The molecule has 0 saturated carbocycles. The highest BCUT2D eigenvalue weighted by Crippen LogP contribution is 2.23. The molecule has 20 heavy (non-hydrogen) atoms. The van der Waals surface area contributed by atoms with E-state index in [2.05, 4.69) is 35.2 Å². The summed E-state index contributed by atoms with van der Waals surface area (Å²) in [5, 5.41) is 3.52. The molecular weight excluding hydrogens is 276 g/mol. The van der Waals surface area contributed by atoms with E-state index in [9.17, 15) is 8.42 Å². The summed E-state index contributed by atoms with van der Waals surface area (Å²) in [7, 11) is -3.52. The van der Waals surface area contributed by atoms with Crippen LogP contribution in [0.15, 0.2) is 46.1 Å². The molecule has 0 radical (unpaired) electrons. The zero-order valence-electron chi connectivity index (χ0n) is 11.8. The molecule has 0 aliphatic rings. The molecule has 2 aromatic rings. The van der Waals surface area contributed by atoms with Gasteiger partial charge >= 0.3 is 0 Å². The van der Waals surface area contributed by atoms with Crippen LogP contribution in [-0.2, 0) is 22.0 Å². The molecule has 6 heteroatoms. The highest BCUT2D eigenvalue weighted by atomic mass is 32.2. The van der Waals surface area contributed by atoms with Crippen LogP contribution in [0.1, 0.15) is 31.9 Å². The summed E-state index contributed by atoms with van der Waals surface area (Å²) < 4.78 is 31.4. The average molecular weight is 294 g/mol. The molecule has 2 rings (SSSR count). The molecule has 1 N–H and O–H groups in total. The normalized spacial score (nSPS) is 12.6. The fraction of sp³-hybridized carbons (Fsp3) is 0.357. The zero-order chi connectivity index (χ0) is 14.8. The van der Waals surface area contributed by atoms with Crippen molar-refractivity contribution >= 4 is 10.0 Å². The number of rotatable bonds is 4. The third-order valence-corrected chi connectivity index (χ3v) is 4.40. The summed E-state index contributed by atoms with van der Waals surface area (Å²) in [4.78, 5) is 0.252. The van der Waals surface area contributed by atoms with Gasteiger partial charge in [-0.05, 0) is 23.1 Å². The summed E-state index contributed by atoms with van der Waals surface area (Å²) in [6.07, 6.45) is 2.89. The molecule has 0 amide bonds. The Morgan fingerprint density at radius 2 is 1.85 bits per heavy atom. The molecule has 5 nitrogen and oxygen atoms in total. The fourth-order valence-electron chi connectivity index (χ4n) is 1.71. The molecule has 0 bridgehead atoms. The van der Waals surface area contributed by atoms with Crippen molar-refractivity contribution in [2.24, 2.45) is 0 Å². The maximum absolute atomic E-state index is 12.1. The van der Waals surface area contributed by atoms with E-state index in [1.165, 1.54) is 12.5 Å². The van der Waals surface area contributed by atoms with E-state index in [0.29, 0.717) is 5.56 Å². The van der Waals surface area contributed by atoms with Crippen LogP contribution in [-0.4, -0.2) is 13.6 Å². The second-order valence-electron chi connectivity index (χ2n) is 5.63. The zero-order valence-corrected chi connectivity index (χ0v) is 12.6. The largest absolute Gasteiger partial charge is 0.364 e. The van der Waals surface area contributed by atoms with E-state index in [4.69, 9.17) is 0 Å². The van der Waals surface area contributed by atoms with E-state index in [-0.39, 0.29) is 16.9 Å². The molecule has 0 unspecified atom stereocenters. The fourth-order valence-corrected chi connectivity index (χ4v) is 2.73. The van der Waals surface area contributed by atoms with Gasteiger partial charge in [0.25, 0.3) is 0 Å². The predicted octanol–water partition coefficient (Wildman–Crippen LogP) is 2.45. The number of benzene rings is 1. The Bertz CT molecular complexity index is 653. The van der Waals surface area contributed by atoms with Crippen LogP contribution in [0.3, 0.4) is 0 Å². The van der Waals surface area contributed by atoms with Crippen molar-refractivity contribution in [2.75, 3.05) is 0 Å². The molecule has 0 saturated heterocycles. The highest BCUT2D eigenvalue weighted by Gasteiger charge is 2.17. The first-order valence-electron chi connectivity index (χ1n) is 6.27. The van der Waals surface area contributed by atoms with E-state index in [0.717, 1.165) is 5.56 Å². The second kappa shape index (κ2) is 5.38. The van der Waals surface area contributed by atoms with Gasteiger partial charge in [-0.1, -0.05) is 38.1 Å². The Balaban J connectivity index is 2.13. The minimum absolute atomic E-state index is 0.00180. The van der Waals surface area contributed by atoms with Crippen LogP contribution in [0.5, 0.6) is 0 Å². The number of hydrogen-bond donors (Lipinski definition) is 1. The van der Waals surface area contributed by atoms with Crippen molar-refractivity contribution in [3.05, 3.63) is 47.9 Å². The number of aromatic nitrogens is 1. The molecule has 0 spiro atoms. The Morgan fingerprint density at radius 1 is 1.20 bits per heavy atom. The van der Waals surface area contributed by atoms with Crippen LogP contribution in [0.4, 0.5) is 0 Å². The first kappa shape index (κ1) is 14.7. The van der Waals surface area contributed by atoms with E-state index >= 15 is 0 Å². The summed E-state index contributed by atoms with van der Waals surface area (Å²) in [6.45, 7) is 6.41. The van der Waals surface area contributed by atoms with E-state index < -0.39 is 10.0 Å². The lowest BCUT2D eigenvalue weighted by atomic mass is 9.87. The van der Waals surface area contributed by atoms with Crippen LogP contribution in [0.2, 0.25) is 0 Å². The SMILES string of the molecule is CC(C)(C)c1ccc(S(=O)(=O)NCc2cnoc2)cc1. The summed E-state index contributed by atoms with van der Waals surface area (Å²) >= 11 is 0. The second-order valence-corrected chi connectivity index (χ2v) is 7.40. The number of sulfonamides is 1. The van der Waals surface area contributed by atoms with Crippen LogP contribution >= 0.6 is 0 Å². The monoisotopic (exact) mass is 294 g/mol. The van der Waals surface area contributed by atoms with Gasteiger partial charge < -0.3 is 4.52 Å². The van der Waals surface area contributed by atoms with Crippen LogP contribution < -0.4 is 4.72 Å². The lowest BCUT2D eigenvalue weighted by Crippen LogP contribution is -2.23. The first-order chi connectivity index (χ1) is 9.29. The van der Waals surface area contributed by atoms with Gasteiger partial charge in [0.1, 0.15) is 6.26 Å². The molecule has 0 aliphatic carbocycles. The van der Waals surface area contributed by atoms with Gasteiger partial charge in [0.15, 0.2) is 0 Å². The third kappa shape index (κ3) is 3.46. The van der Waals surface area contributed by atoms with Gasteiger partial charge in [-0.15, -0.1) is 0 Å². The maximum Gasteiger partial charge on any atom is 0.240 e. The van der Waals surface area contributed by atoms with Crippen molar-refractivity contribution in [3.63, 3.8) is 0 Å². The topological polar surface area (TPSA) is 72.2 Å². The molecule has 1 aromatic heterocycles. The standard InChI is InChI=1S/C14H18N2O3S/c1-14(2,3)12-4-6-13(7-5-12)20(17,18)16-9-11-8-15-19-10-11/h4-8,10,16H,9H2,1-3H3. The summed E-state index contributed by atoms with van der Waals surface area (Å²) in [5.41, 5.74) is 1.77. The molecular formula is C14H18N2O3S. The Morgan fingerprint density at radius 3 is 2.35 bits per heavy atom. The first-order valence-corrected chi connectivity index (χ1v) is 7.76. The van der Waals surface area contributed by atoms with Crippen molar-refractivity contribution < 1.29 is 12.9 Å². The van der Waals surface area contributed by atoms with Gasteiger partial charge in [0.2, 0.25) is 10.0 Å². The van der Waals surface area contributed by atoms with Crippen molar-refractivity contribution in [1.29, 1.82) is 0 Å². The highest BCUT2D eigenvalue weighted by molar-refractivity contribution is 7.89. The van der Waals surface area contributed by atoms with Gasteiger partial charge in [0.05, 0.1) is 11.1 Å². The minimum atomic E-state index is -3.52.